The van der Waals surface area contributed by atoms with Gasteiger partial charge >= 0.3 is 0 Å². The quantitative estimate of drug-likeness (QED) is 0.220. The van der Waals surface area contributed by atoms with E-state index in [-0.39, 0.29) is 22.7 Å². The lowest BCUT2D eigenvalue weighted by molar-refractivity contribution is 0.582. The molecule has 4 N–H and O–H groups in total. The van der Waals surface area contributed by atoms with Crippen LogP contribution >= 0.6 is 0 Å². The van der Waals surface area contributed by atoms with Crippen molar-refractivity contribution in [2.45, 2.75) is 0 Å². The highest BCUT2D eigenvalue weighted by Crippen LogP contribution is 2.35. The number of anilines is 1. The van der Waals surface area contributed by atoms with Crippen molar-refractivity contribution in [3.05, 3.63) is 113 Å². The van der Waals surface area contributed by atoms with Crippen molar-refractivity contribution in [2.75, 3.05) is 5.73 Å². The molecule has 1 heterocycles. The van der Waals surface area contributed by atoms with Crippen molar-refractivity contribution in [3.8, 4) is 39.6 Å². The van der Waals surface area contributed by atoms with Crippen LogP contribution in [-0.4, -0.2) is 16.4 Å². The van der Waals surface area contributed by atoms with Crippen LogP contribution in [0.4, 0.5) is 14.5 Å². The standard InChI is InChI=1S/C32H19F2N5/c33-29-23(15-26(37)30(34)24(29)16-35)19-9-5-17(6-10-19)18-7-11-20(12-8-18)32-22-13-14-25(36)31(38)28(22)21-3-1-2-4-27(21)39-32/h1-15,36,38H,37H2. The predicted octanol–water partition coefficient (Wildman–Crippen LogP) is 7.38. The number of nitrogens with two attached hydrogens (primary N) is 1. The van der Waals surface area contributed by atoms with Gasteiger partial charge in [-0.15, -0.1) is 0 Å². The number of para-hydroxylation sites is 1. The maximum Gasteiger partial charge on any atom is 0.166 e. The Hall–Kier alpha value is -5.48. The van der Waals surface area contributed by atoms with Crippen molar-refractivity contribution >= 4 is 34.1 Å². The molecule has 186 valence electrons. The molecule has 39 heavy (non-hydrogen) atoms. The molecule has 4 aromatic carbocycles. The average Bonchev–Trinajstić information content (AvgIpc) is 2.97. The van der Waals surface area contributed by atoms with Gasteiger partial charge in [-0.1, -0.05) is 66.7 Å². The summed E-state index contributed by atoms with van der Waals surface area (Å²) < 4.78 is 28.7. The van der Waals surface area contributed by atoms with Crippen molar-refractivity contribution < 1.29 is 8.78 Å². The van der Waals surface area contributed by atoms with Crippen LogP contribution in [0.5, 0.6) is 0 Å². The van der Waals surface area contributed by atoms with Crippen molar-refractivity contribution in [2.24, 2.45) is 0 Å². The van der Waals surface area contributed by atoms with Gasteiger partial charge in [-0.2, -0.15) is 5.26 Å². The normalized spacial score (nSPS) is 12.4. The molecule has 0 saturated heterocycles. The minimum Gasteiger partial charge on any atom is -0.396 e. The Kier molecular flexibility index (Phi) is 5.59. The average molecular weight is 512 g/mol. The fourth-order valence-corrected chi connectivity index (χ4v) is 4.89. The molecule has 0 unspecified atom stereocenters. The number of nitrogens with zero attached hydrogens (tertiary/aromatic N) is 2. The Morgan fingerprint density at radius 2 is 1.38 bits per heavy atom. The fraction of sp³-hybridized carbons (Fsp3) is 0. The number of fused-ring (bicyclic) bond motifs is 3. The zero-order valence-electron chi connectivity index (χ0n) is 20.4. The predicted molar refractivity (Wildman–Crippen MR) is 151 cm³/mol. The molecule has 1 aliphatic carbocycles. The third kappa shape index (κ3) is 3.87. The van der Waals surface area contributed by atoms with Crippen molar-refractivity contribution in [1.29, 1.82) is 16.1 Å². The van der Waals surface area contributed by atoms with Gasteiger partial charge in [0.05, 0.1) is 28.3 Å². The van der Waals surface area contributed by atoms with E-state index in [2.05, 4.69) is 0 Å². The highest BCUT2D eigenvalue weighted by molar-refractivity contribution is 6.54. The molecule has 7 heteroatoms. The first-order chi connectivity index (χ1) is 18.9. The van der Waals surface area contributed by atoms with Crippen LogP contribution in [0.2, 0.25) is 0 Å². The van der Waals surface area contributed by atoms with E-state index in [1.807, 2.05) is 66.7 Å². The van der Waals surface area contributed by atoms with Crippen LogP contribution in [0, 0.1) is 33.8 Å². The van der Waals surface area contributed by atoms with E-state index in [0.29, 0.717) is 11.1 Å². The molecule has 0 radical (unpaired) electrons. The molecular weight excluding hydrogens is 492 g/mol. The summed E-state index contributed by atoms with van der Waals surface area (Å²) in [5.41, 5.74) is 11.2. The number of nitrogens with one attached hydrogen (secondary N) is 2. The van der Waals surface area contributed by atoms with Gasteiger partial charge in [-0.25, -0.2) is 13.8 Å². The lowest BCUT2D eigenvalue weighted by Gasteiger charge is -2.19. The molecule has 1 aromatic heterocycles. The lowest BCUT2D eigenvalue weighted by Crippen LogP contribution is -2.17. The molecule has 0 bridgehead atoms. The number of nitriles is 1. The summed E-state index contributed by atoms with van der Waals surface area (Å²) in [7, 11) is 0. The Morgan fingerprint density at radius 1 is 0.769 bits per heavy atom. The molecule has 0 spiro atoms. The van der Waals surface area contributed by atoms with Gasteiger partial charge < -0.3 is 5.73 Å². The van der Waals surface area contributed by atoms with Crippen LogP contribution in [0.15, 0.2) is 84.9 Å². The Bertz CT molecular complexity index is 1910. The van der Waals surface area contributed by atoms with Gasteiger partial charge in [-0.05, 0) is 41.0 Å². The number of aromatic nitrogens is 1. The van der Waals surface area contributed by atoms with Crippen LogP contribution < -0.4 is 5.73 Å². The molecule has 0 aliphatic heterocycles. The number of allylic oxidation sites excluding steroid dienone is 1. The second-order valence-electron chi connectivity index (χ2n) is 9.17. The fourth-order valence-electron chi connectivity index (χ4n) is 4.89. The Labute approximate surface area is 222 Å². The van der Waals surface area contributed by atoms with Crippen molar-refractivity contribution in [3.63, 3.8) is 0 Å². The molecular formula is C32H19F2N5. The Morgan fingerprint density at radius 3 is 2.05 bits per heavy atom. The van der Waals surface area contributed by atoms with Gasteiger partial charge in [0.2, 0.25) is 0 Å². The smallest absolute Gasteiger partial charge is 0.166 e. The minimum absolute atomic E-state index is 0.0613. The molecule has 5 aromatic rings. The zero-order chi connectivity index (χ0) is 27.3. The van der Waals surface area contributed by atoms with Gasteiger partial charge in [-0.3, -0.25) is 10.8 Å². The maximum absolute atomic E-state index is 14.7. The van der Waals surface area contributed by atoms with E-state index in [1.165, 1.54) is 6.07 Å². The first-order valence-electron chi connectivity index (χ1n) is 12.0. The number of hydrogen-bond acceptors (Lipinski definition) is 5. The van der Waals surface area contributed by atoms with Gasteiger partial charge in [0.1, 0.15) is 11.6 Å². The van der Waals surface area contributed by atoms with Crippen molar-refractivity contribution in [1.82, 2.24) is 4.98 Å². The summed E-state index contributed by atoms with van der Waals surface area (Å²) in [6.07, 6.45) is 3.47. The van der Waals surface area contributed by atoms with Gasteiger partial charge in [0.25, 0.3) is 0 Å². The monoisotopic (exact) mass is 511 g/mol. The summed E-state index contributed by atoms with van der Waals surface area (Å²) in [5, 5.41) is 26.6. The highest BCUT2D eigenvalue weighted by atomic mass is 19.1. The van der Waals surface area contributed by atoms with Gasteiger partial charge in [0.15, 0.2) is 11.6 Å². The van der Waals surface area contributed by atoms with E-state index in [4.69, 9.17) is 26.8 Å². The maximum atomic E-state index is 14.7. The summed E-state index contributed by atoms with van der Waals surface area (Å²) in [5.74, 6) is -1.99. The van der Waals surface area contributed by atoms with Crippen LogP contribution in [0.25, 0.3) is 50.5 Å². The second-order valence-corrected chi connectivity index (χ2v) is 9.17. The summed E-state index contributed by atoms with van der Waals surface area (Å²) in [4.78, 5) is 4.89. The first-order valence-corrected chi connectivity index (χ1v) is 12.0. The minimum atomic E-state index is -1.05. The Balaban J connectivity index is 1.37. The number of pyridine rings is 1. The third-order valence-electron chi connectivity index (χ3n) is 6.89. The molecule has 1 aliphatic rings. The lowest BCUT2D eigenvalue weighted by atomic mass is 9.88. The van der Waals surface area contributed by atoms with Gasteiger partial charge in [0, 0.05) is 27.6 Å². The largest absolute Gasteiger partial charge is 0.396 e. The molecule has 0 atom stereocenters. The van der Waals surface area contributed by atoms with E-state index in [1.54, 1.807) is 24.3 Å². The molecule has 0 saturated carbocycles. The SMILES string of the molecule is N#Cc1c(F)c(N)cc(-c2ccc(-c3ccc(-c4nc5ccccc5c5c4C=CC(=N)C5=N)cc3)cc2)c1F. The van der Waals surface area contributed by atoms with E-state index in [0.717, 1.165) is 38.9 Å². The molecule has 0 amide bonds. The zero-order valence-corrected chi connectivity index (χ0v) is 20.4. The van der Waals surface area contributed by atoms with E-state index >= 15 is 0 Å². The number of halogens is 2. The van der Waals surface area contributed by atoms with Crippen LogP contribution in [0.3, 0.4) is 0 Å². The van der Waals surface area contributed by atoms with Crippen LogP contribution in [-0.2, 0) is 0 Å². The number of hydrogen-bond donors (Lipinski definition) is 3. The number of benzene rings is 4. The van der Waals surface area contributed by atoms with Crippen LogP contribution in [0.1, 0.15) is 16.7 Å². The highest BCUT2D eigenvalue weighted by Gasteiger charge is 2.23. The summed E-state index contributed by atoms with van der Waals surface area (Å²) in [6, 6.07) is 25.2. The topological polar surface area (TPSA) is 110 Å². The molecule has 5 nitrogen and oxygen atoms in total. The number of rotatable bonds is 3. The number of nitrogen functional groups attached to an aromatic ring is 1. The summed E-state index contributed by atoms with van der Waals surface area (Å²) >= 11 is 0. The molecule has 6 rings (SSSR count). The molecule has 0 fully saturated rings. The van der Waals surface area contributed by atoms with E-state index in [9.17, 15) is 8.78 Å². The first kappa shape index (κ1) is 23.9. The summed E-state index contributed by atoms with van der Waals surface area (Å²) in [6.45, 7) is 0. The second kappa shape index (κ2) is 9.12. The van der Waals surface area contributed by atoms with E-state index < -0.39 is 17.2 Å². The third-order valence-corrected chi connectivity index (χ3v) is 6.89.